The van der Waals surface area contributed by atoms with Gasteiger partial charge < -0.3 is 15.2 Å². The first-order valence-electron chi connectivity index (χ1n) is 8.87. The Labute approximate surface area is 155 Å². The molecule has 2 N–H and O–H groups in total. The minimum absolute atomic E-state index is 0.117. The topological polar surface area (TPSA) is 80.2 Å². The van der Waals surface area contributed by atoms with E-state index in [0.717, 1.165) is 30.5 Å². The number of aromatic nitrogens is 1. The lowest BCUT2D eigenvalue weighted by Gasteiger charge is -2.20. The molecule has 0 spiro atoms. The average Bonchev–Trinajstić information content (AvgIpc) is 2.64. The highest BCUT2D eigenvalue weighted by Gasteiger charge is 2.19. The van der Waals surface area contributed by atoms with E-state index in [1.165, 1.54) is 6.92 Å². The highest BCUT2D eigenvalue weighted by atomic mass is 16.2. The van der Waals surface area contributed by atoms with Gasteiger partial charge in [-0.3, -0.25) is 14.4 Å². The molecule has 0 atom stereocenters. The van der Waals surface area contributed by atoms with Gasteiger partial charge in [-0.25, -0.2) is 0 Å². The van der Waals surface area contributed by atoms with E-state index in [-0.39, 0.29) is 16.9 Å². The number of anilines is 2. The van der Waals surface area contributed by atoms with E-state index in [1.807, 2.05) is 16.7 Å². The number of hydrogen-bond acceptors (Lipinski definition) is 3. The summed E-state index contributed by atoms with van der Waals surface area (Å²) in [5, 5.41) is 6.00. The smallest absolute Gasteiger partial charge is 0.261 e. The highest BCUT2D eigenvalue weighted by molar-refractivity contribution is 6.06. The van der Waals surface area contributed by atoms with Crippen LogP contribution in [0.5, 0.6) is 0 Å². The summed E-state index contributed by atoms with van der Waals surface area (Å²) in [6.07, 6.45) is 3.58. The molecule has 4 rings (SSSR count). The van der Waals surface area contributed by atoms with Crippen molar-refractivity contribution in [2.45, 2.75) is 26.3 Å². The third-order valence-corrected chi connectivity index (χ3v) is 4.71. The fourth-order valence-electron chi connectivity index (χ4n) is 3.59. The van der Waals surface area contributed by atoms with Crippen LogP contribution in [0.15, 0.2) is 53.5 Å². The summed E-state index contributed by atoms with van der Waals surface area (Å²) in [4.78, 5) is 36.9. The predicted molar refractivity (Wildman–Crippen MR) is 105 cm³/mol. The highest BCUT2D eigenvalue weighted by Crippen LogP contribution is 2.24. The molecule has 0 radical (unpaired) electrons. The number of hydrogen-bond donors (Lipinski definition) is 2. The van der Waals surface area contributed by atoms with Gasteiger partial charge in [-0.1, -0.05) is 18.2 Å². The van der Waals surface area contributed by atoms with Crippen LogP contribution < -0.4 is 16.1 Å². The van der Waals surface area contributed by atoms with Crippen LogP contribution in [0.25, 0.3) is 10.9 Å². The number of rotatable bonds is 3. The summed E-state index contributed by atoms with van der Waals surface area (Å²) in [5.41, 5.74) is 3.02. The fraction of sp³-hybridized carbons (Fsp3) is 0.190. The number of nitrogens with one attached hydrogen (secondary N) is 2. The SMILES string of the molecule is CC(=O)Nc1cccc(NC(=O)c2cn3c4c(cccc4c2=O)CCC3)c1. The van der Waals surface area contributed by atoms with Crippen LogP contribution in [0.4, 0.5) is 11.4 Å². The van der Waals surface area contributed by atoms with Crippen molar-refractivity contribution in [3.63, 3.8) is 0 Å². The number of carbonyl (C=O) groups excluding carboxylic acids is 2. The Morgan fingerprint density at radius 1 is 1.04 bits per heavy atom. The molecule has 2 heterocycles. The van der Waals surface area contributed by atoms with Gasteiger partial charge in [-0.05, 0) is 42.7 Å². The van der Waals surface area contributed by atoms with Crippen LogP contribution in [0.2, 0.25) is 0 Å². The van der Waals surface area contributed by atoms with Crippen molar-refractivity contribution in [1.82, 2.24) is 4.57 Å². The lowest BCUT2D eigenvalue weighted by atomic mass is 9.99. The summed E-state index contributed by atoms with van der Waals surface area (Å²) in [6.45, 7) is 2.20. The summed E-state index contributed by atoms with van der Waals surface area (Å²) >= 11 is 0. The first-order valence-corrected chi connectivity index (χ1v) is 8.87. The molecular formula is C21H19N3O3. The quantitative estimate of drug-likeness (QED) is 0.752. The molecule has 6 nitrogen and oxygen atoms in total. The van der Waals surface area contributed by atoms with Crippen molar-refractivity contribution in [3.05, 3.63) is 70.0 Å². The van der Waals surface area contributed by atoms with Crippen molar-refractivity contribution < 1.29 is 9.59 Å². The second-order valence-corrected chi connectivity index (χ2v) is 6.70. The Hall–Kier alpha value is -3.41. The van der Waals surface area contributed by atoms with Crippen molar-refractivity contribution in [1.29, 1.82) is 0 Å². The third kappa shape index (κ3) is 3.21. The summed E-state index contributed by atoms with van der Waals surface area (Å²) in [7, 11) is 0. The zero-order chi connectivity index (χ0) is 19.0. The van der Waals surface area contributed by atoms with Gasteiger partial charge in [0.15, 0.2) is 0 Å². The van der Waals surface area contributed by atoms with E-state index in [9.17, 15) is 14.4 Å². The molecule has 1 aliphatic rings. The van der Waals surface area contributed by atoms with Crippen molar-refractivity contribution >= 4 is 34.1 Å². The molecule has 0 saturated heterocycles. The van der Waals surface area contributed by atoms with E-state index in [1.54, 1.807) is 36.5 Å². The van der Waals surface area contributed by atoms with E-state index >= 15 is 0 Å². The van der Waals surface area contributed by atoms with Crippen LogP contribution in [-0.2, 0) is 17.8 Å². The number of benzene rings is 2. The Morgan fingerprint density at radius 2 is 1.78 bits per heavy atom. The zero-order valence-corrected chi connectivity index (χ0v) is 14.9. The molecule has 1 aliphatic heterocycles. The molecule has 0 aliphatic carbocycles. The molecule has 136 valence electrons. The molecule has 3 aromatic rings. The molecule has 0 bridgehead atoms. The van der Waals surface area contributed by atoms with Crippen LogP contribution in [0, 0.1) is 0 Å². The lowest BCUT2D eigenvalue weighted by Crippen LogP contribution is -2.25. The maximum absolute atomic E-state index is 12.9. The minimum atomic E-state index is -0.457. The predicted octanol–water partition coefficient (Wildman–Crippen LogP) is 3.16. The molecule has 2 amide bonds. The van der Waals surface area contributed by atoms with Gasteiger partial charge in [0.1, 0.15) is 5.56 Å². The molecule has 0 saturated carbocycles. The molecule has 27 heavy (non-hydrogen) atoms. The normalized spacial score (nSPS) is 12.6. The number of amides is 2. The first kappa shape index (κ1) is 17.0. The van der Waals surface area contributed by atoms with Crippen LogP contribution >= 0.6 is 0 Å². The van der Waals surface area contributed by atoms with Gasteiger partial charge in [0, 0.05) is 36.4 Å². The Balaban J connectivity index is 1.71. The minimum Gasteiger partial charge on any atom is -0.346 e. The van der Waals surface area contributed by atoms with E-state index in [2.05, 4.69) is 10.6 Å². The molecule has 6 heteroatoms. The second kappa shape index (κ2) is 6.72. The Bertz CT molecular complexity index is 1130. The standard InChI is InChI=1S/C21H19N3O3/c1-13(25)22-15-7-3-8-16(11-15)23-21(27)18-12-24-10-4-6-14-5-2-9-17(19(14)24)20(18)26/h2-3,5,7-9,11-12H,4,6,10H2,1H3,(H,22,25)(H,23,27). The van der Waals surface area contributed by atoms with Gasteiger partial charge >= 0.3 is 0 Å². The summed E-state index contributed by atoms with van der Waals surface area (Å²) in [6, 6.07) is 12.5. The van der Waals surface area contributed by atoms with E-state index < -0.39 is 5.91 Å². The van der Waals surface area contributed by atoms with Gasteiger partial charge in [0.05, 0.1) is 5.52 Å². The van der Waals surface area contributed by atoms with Gasteiger partial charge in [0.2, 0.25) is 11.3 Å². The summed E-state index contributed by atoms with van der Waals surface area (Å²) < 4.78 is 2.00. The van der Waals surface area contributed by atoms with Gasteiger partial charge in [-0.2, -0.15) is 0 Å². The molecule has 2 aromatic carbocycles. The number of para-hydroxylation sites is 1. The van der Waals surface area contributed by atoms with Crippen molar-refractivity contribution in [2.24, 2.45) is 0 Å². The largest absolute Gasteiger partial charge is 0.346 e. The molecule has 0 fully saturated rings. The Kier molecular flexibility index (Phi) is 4.24. The zero-order valence-electron chi connectivity index (χ0n) is 14.9. The van der Waals surface area contributed by atoms with Crippen LogP contribution in [0.1, 0.15) is 29.3 Å². The second-order valence-electron chi connectivity index (χ2n) is 6.70. The monoisotopic (exact) mass is 361 g/mol. The van der Waals surface area contributed by atoms with Crippen molar-refractivity contribution in [2.75, 3.05) is 10.6 Å². The Morgan fingerprint density at radius 3 is 2.56 bits per heavy atom. The van der Waals surface area contributed by atoms with E-state index in [0.29, 0.717) is 16.8 Å². The van der Waals surface area contributed by atoms with E-state index in [4.69, 9.17) is 0 Å². The fourth-order valence-corrected chi connectivity index (χ4v) is 3.59. The van der Waals surface area contributed by atoms with Gasteiger partial charge in [-0.15, -0.1) is 0 Å². The molecule has 1 aromatic heterocycles. The first-order chi connectivity index (χ1) is 13.0. The third-order valence-electron chi connectivity index (χ3n) is 4.71. The average molecular weight is 361 g/mol. The number of pyridine rings is 1. The number of carbonyl (C=O) groups is 2. The van der Waals surface area contributed by atoms with Crippen LogP contribution in [0.3, 0.4) is 0 Å². The maximum atomic E-state index is 12.9. The molecule has 0 unspecified atom stereocenters. The van der Waals surface area contributed by atoms with Crippen molar-refractivity contribution in [3.8, 4) is 0 Å². The molecular weight excluding hydrogens is 342 g/mol. The summed E-state index contributed by atoms with van der Waals surface area (Å²) in [5.74, 6) is -0.650. The van der Waals surface area contributed by atoms with Gasteiger partial charge in [0.25, 0.3) is 5.91 Å². The van der Waals surface area contributed by atoms with Crippen LogP contribution in [-0.4, -0.2) is 16.4 Å². The maximum Gasteiger partial charge on any atom is 0.261 e. The number of nitrogens with zero attached hydrogens (tertiary/aromatic N) is 1. The lowest BCUT2D eigenvalue weighted by molar-refractivity contribution is -0.114. The number of aryl methyl sites for hydroxylation is 2.